The molecule has 0 aliphatic heterocycles. The molecule has 0 spiro atoms. The lowest BCUT2D eigenvalue weighted by Crippen LogP contribution is -2.26. The summed E-state index contributed by atoms with van der Waals surface area (Å²) >= 11 is 1.61. The molecule has 3 nitrogen and oxygen atoms in total. The summed E-state index contributed by atoms with van der Waals surface area (Å²) in [6, 6.07) is 11.7. The van der Waals surface area contributed by atoms with Gasteiger partial charge in [0.15, 0.2) is 0 Å². The predicted molar refractivity (Wildman–Crippen MR) is 87.5 cm³/mol. The van der Waals surface area contributed by atoms with Gasteiger partial charge >= 0.3 is 0 Å². The van der Waals surface area contributed by atoms with Gasteiger partial charge in [0.05, 0.1) is 13.2 Å². The predicted octanol–water partition coefficient (Wildman–Crippen LogP) is 4.04. The number of thiophene rings is 1. The Bertz CT molecular complexity index is 605. The van der Waals surface area contributed by atoms with Crippen LogP contribution in [0.2, 0.25) is 0 Å². The normalized spacial score (nSPS) is 12.3. The van der Waals surface area contributed by atoms with Crippen LogP contribution in [-0.4, -0.2) is 13.0 Å². The number of amides is 1. The van der Waals surface area contributed by atoms with Crippen molar-refractivity contribution in [1.82, 2.24) is 5.32 Å². The number of ether oxygens (including phenoxy) is 1. The van der Waals surface area contributed by atoms with E-state index in [1.54, 1.807) is 24.5 Å². The number of para-hydroxylation sites is 1. The van der Waals surface area contributed by atoms with Crippen LogP contribution in [0.5, 0.6) is 5.75 Å². The first kappa shape index (κ1) is 15.3. The van der Waals surface area contributed by atoms with Gasteiger partial charge in [0.2, 0.25) is 5.91 Å². The summed E-state index contributed by atoms with van der Waals surface area (Å²) in [6.45, 7) is 2.04. The highest BCUT2D eigenvalue weighted by Gasteiger charge is 2.15. The molecule has 21 heavy (non-hydrogen) atoms. The Hall–Kier alpha value is -2.07. The molecule has 110 valence electrons. The van der Waals surface area contributed by atoms with Gasteiger partial charge in [0, 0.05) is 16.5 Å². The smallest absolute Gasteiger partial charge is 0.244 e. The van der Waals surface area contributed by atoms with Gasteiger partial charge in [-0.1, -0.05) is 31.2 Å². The lowest BCUT2D eigenvalue weighted by atomic mass is 10.0. The second-order valence-corrected chi connectivity index (χ2v) is 5.54. The molecule has 1 amide bonds. The van der Waals surface area contributed by atoms with Crippen molar-refractivity contribution in [3.63, 3.8) is 0 Å². The van der Waals surface area contributed by atoms with Crippen LogP contribution in [0.25, 0.3) is 6.08 Å². The van der Waals surface area contributed by atoms with Crippen molar-refractivity contribution in [3.8, 4) is 5.75 Å². The molecule has 0 aliphatic rings. The monoisotopic (exact) mass is 301 g/mol. The van der Waals surface area contributed by atoms with Gasteiger partial charge in [-0.15, -0.1) is 11.3 Å². The minimum atomic E-state index is -0.0962. The highest BCUT2D eigenvalue weighted by molar-refractivity contribution is 7.10. The number of carbonyl (C=O) groups excluding carboxylic acids is 1. The van der Waals surface area contributed by atoms with E-state index in [2.05, 4.69) is 5.32 Å². The average molecular weight is 301 g/mol. The molecule has 1 atom stereocenters. The van der Waals surface area contributed by atoms with Crippen LogP contribution in [0.4, 0.5) is 0 Å². The van der Waals surface area contributed by atoms with Crippen LogP contribution >= 0.6 is 11.3 Å². The lowest BCUT2D eigenvalue weighted by molar-refractivity contribution is -0.117. The van der Waals surface area contributed by atoms with Crippen molar-refractivity contribution >= 4 is 23.3 Å². The number of rotatable bonds is 6. The van der Waals surface area contributed by atoms with E-state index in [1.807, 2.05) is 54.8 Å². The number of carbonyl (C=O) groups is 1. The average Bonchev–Trinajstić information content (AvgIpc) is 3.04. The molecule has 1 N–H and O–H groups in total. The van der Waals surface area contributed by atoms with Crippen molar-refractivity contribution in [2.75, 3.05) is 7.11 Å². The van der Waals surface area contributed by atoms with Crippen LogP contribution in [0, 0.1) is 0 Å². The van der Waals surface area contributed by atoms with Gasteiger partial charge in [-0.3, -0.25) is 4.79 Å². The number of hydrogen-bond acceptors (Lipinski definition) is 3. The van der Waals surface area contributed by atoms with Crippen LogP contribution in [-0.2, 0) is 4.79 Å². The van der Waals surface area contributed by atoms with Crippen LogP contribution in [0.1, 0.15) is 29.8 Å². The molecule has 0 saturated carbocycles. The van der Waals surface area contributed by atoms with Crippen molar-refractivity contribution in [2.24, 2.45) is 0 Å². The largest absolute Gasteiger partial charge is 0.496 e. The van der Waals surface area contributed by atoms with E-state index in [4.69, 9.17) is 4.74 Å². The fourth-order valence-corrected chi connectivity index (χ4v) is 2.74. The van der Waals surface area contributed by atoms with Crippen LogP contribution in [0.3, 0.4) is 0 Å². The zero-order chi connectivity index (χ0) is 15.1. The second-order valence-electron chi connectivity index (χ2n) is 4.56. The molecular weight excluding hydrogens is 282 g/mol. The van der Waals surface area contributed by atoms with E-state index in [-0.39, 0.29) is 11.9 Å². The molecule has 0 bridgehead atoms. The van der Waals surface area contributed by atoms with Gasteiger partial charge in [-0.25, -0.2) is 0 Å². The summed E-state index contributed by atoms with van der Waals surface area (Å²) in [5.74, 6) is 0.702. The Kier molecular flexibility index (Phi) is 5.58. The first-order valence-electron chi connectivity index (χ1n) is 6.89. The molecule has 0 fully saturated rings. The molecule has 1 aromatic heterocycles. The lowest BCUT2D eigenvalue weighted by Gasteiger charge is -2.19. The molecule has 0 saturated heterocycles. The Morgan fingerprint density at radius 2 is 2.14 bits per heavy atom. The molecule has 2 aromatic rings. The number of benzene rings is 1. The van der Waals surface area contributed by atoms with Gasteiger partial charge in [0.1, 0.15) is 5.75 Å². The third-order valence-electron chi connectivity index (χ3n) is 3.18. The van der Waals surface area contributed by atoms with E-state index < -0.39 is 0 Å². The van der Waals surface area contributed by atoms with Crippen LogP contribution in [0.15, 0.2) is 47.9 Å². The maximum Gasteiger partial charge on any atom is 0.244 e. The molecule has 4 heteroatoms. The summed E-state index contributed by atoms with van der Waals surface area (Å²) in [6.07, 6.45) is 4.21. The van der Waals surface area contributed by atoms with E-state index in [9.17, 15) is 4.79 Å². The summed E-state index contributed by atoms with van der Waals surface area (Å²) in [4.78, 5) is 13.1. The van der Waals surface area contributed by atoms with Crippen molar-refractivity contribution < 1.29 is 9.53 Å². The van der Waals surface area contributed by atoms with Gasteiger partial charge < -0.3 is 10.1 Å². The first-order valence-corrected chi connectivity index (χ1v) is 7.77. The summed E-state index contributed by atoms with van der Waals surface area (Å²) in [5.41, 5.74) is 1.00. The number of hydrogen-bond donors (Lipinski definition) is 1. The zero-order valence-corrected chi connectivity index (χ0v) is 13.0. The molecule has 0 radical (unpaired) electrons. The molecule has 1 aromatic carbocycles. The maximum absolute atomic E-state index is 12.0. The fraction of sp³-hybridized carbons (Fsp3) is 0.235. The minimum absolute atomic E-state index is 0.0540. The second kappa shape index (κ2) is 7.64. The highest BCUT2D eigenvalue weighted by Crippen LogP contribution is 2.26. The van der Waals surface area contributed by atoms with E-state index in [1.165, 1.54) is 0 Å². The SMILES string of the molecule is CCC(NC(=O)C=Cc1cccs1)c1ccccc1OC. The Morgan fingerprint density at radius 3 is 2.81 bits per heavy atom. The van der Waals surface area contributed by atoms with Crippen molar-refractivity contribution in [3.05, 3.63) is 58.3 Å². The van der Waals surface area contributed by atoms with Crippen molar-refractivity contribution in [1.29, 1.82) is 0 Å². The quantitative estimate of drug-likeness (QED) is 0.818. The molecule has 2 rings (SSSR count). The first-order chi connectivity index (χ1) is 10.2. The van der Waals surface area contributed by atoms with Crippen molar-refractivity contribution in [2.45, 2.75) is 19.4 Å². The van der Waals surface area contributed by atoms with Crippen LogP contribution < -0.4 is 10.1 Å². The fourth-order valence-electron chi connectivity index (χ4n) is 2.12. The summed E-state index contributed by atoms with van der Waals surface area (Å²) < 4.78 is 5.36. The standard InChI is InChI=1S/C17H19NO2S/c1-3-15(14-8-4-5-9-16(14)20-2)18-17(19)11-10-13-7-6-12-21-13/h4-12,15H,3H2,1-2H3,(H,18,19). The van der Waals surface area contributed by atoms with Gasteiger partial charge in [-0.2, -0.15) is 0 Å². The number of methoxy groups -OCH3 is 1. The third-order valence-corrected chi connectivity index (χ3v) is 4.02. The Balaban J connectivity index is 2.06. The van der Waals surface area contributed by atoms with E-state index in [0.717, 1.165) is 22.6 Å². The molecular formula is C17H19NO2S. The Morgan fingerprint density at radius 1 is 1.33 bits per heavy atom. The molecule has 1 heterocycles. The summed E-state index contributed by atoms with van der Waals surface area (Å²) in [5, 5.41) is 5.01. The molecule has 0 aliphatic carbocycles. The number of nitrogens with one attached hydrogen (secondary N) is 1. The maximum atomic E-state index is 12.0. The minimum Gasteiger partial charge on any atom is -0.496 e. The molecule has 1 unspecified atom stereocenters. The Labute approximate surface area is 129 Å². The summed E-state index contributed by atoms with van der Waals surface area (Å²) in [7, 11) is 1.64. The van der Waals surface area contributed by atoms with E-state index in [0.29, 0.717) is 0 Å². The van der Waals surface area contributed by atoms with Gasteiger partial charge in [-0.05, 0) is 30.0 Å². The third kappa shape index (κ3) is 4.20. The van der Waals surface area contributed by atoms with Gasteiger partial charge in [0.25, 0.3) is 0 Å². The topological polar surface area (TPSA) is 38.3 Å². The van der Waals surface area contributed by atoms with E-state index >= 15 is 0 Å². The zero-order valence-electron chi connectivity index (χ0n) is 12.2. The highest BCUT2D eigenvalue weighted by atomic mass is 32.1.